The van der Waals surface area contributed by atoms with Crippen molar-refractivity contribution in [3.63, 3.8) is 0 Å². The van der Waals surface area contributed by atoms with Gasteiger partial charge in [-0.3, -0.25) is 9.89 Å². The number of benzene rings is 1. The van der Waals surface area contributed by atoms with E-state index in [1.807, 2.05) is 24.3 Å². The van der Waals surface area contributed by atoms with Gasteiger partial charge in [0.1, 0.15) is 0 Å². The maximum absolute atomic E-state index is 12.4. The molecule has 0 atom stereocenters. The van der Waals surface area contributed by atoms with Gasteiger partial charge in [-0.1, -0.05) is 23.7 Å². The van der Waals surface area contributed by atoms with Crippen LogP contribution in [0.5, 0.6) is 0 Å². The van der Waals surface area contributed by atoms with Crippen LogP contribution in [-0.4, -0.2) is 28.1 Å². The summed E-state index contributed by atoms with van der Waals surface area (Å²) in [5.41, 5.74) is 8.75. The van der Waals surface area contributed by atoms with E-state index in [1.165, 1.54) is 0 Å². The molecule has 5 nitrogen and oxygen atoms in total. The van der Waals surface area contributed by atoms with Crippen molar-refractivity contribution < 1.29 is 4.79 Å². The van der Waals surface area contributed by atoms with Crippen LogP contribution in [0.2, 0.25) is 5.02 Å². The van der Waals surface area contributed by atoms with Crippen molar-refractivity contribution in [3.8, 4) is 0 Å². The first-order valence-corrected chi connectivity index (χ1v) is 7.27. The monoisotopic (exact) mass is 304 g/mol. The highest BCUT2D eigenvalue weighted by atomic mass is 35.5. The minimum atomic E-state index is -0.175. The van der Waals surface area contributed by atoms with Crippen LogP contribution in [0.4, 0.5) is 5.69 Å². The lowest BCUT2D eigenvalue weighted by Crippen LogP contribution is -2.27. The second-order valence-electron chi connectivity index (χ2n) is 5.46. The van der Waals surface area contributed by atoms with E-state index in [1.54, 1.807) is 11.9 Å². The Labute approximate surface area is 128 Å². The molecule has 0 radical (unpaired) electrons. The molecule has 1 aliphatic rings. The van der Waals surface area contributed by atoms with Crippen LogP contribution in [-0.2, 0) is 6.54 Å². The van der Waals surface area contributed by atoms with E-state index in [0.717, 1.165) is 24.1 Å². The Morgan fingerprint density at radius 3 is 2.71 bits per heavy atom. The molecule has 0 aliphatic heterocycles. The molecular formula is C15H17ClN4O. The fourth-order valence-corrected chi connectivity index (χ4v) is 2.45. The van der Waals surface area contributed by atoms with Crippen LogP contribution in [0.25, 0.3) is 0 Å². The summed E-state index contributed by atoms with van der Waals surface area (Å²) in [5, 5.41) is 7.67. The number of halogens is 1. The van der Waals surface area contributed by atoms with Crippen LogP contribution >= 0.6 is 11.6 Å². The smallest absolute Gasteiger partial charge is 0.276 e. The Hall–Kier alpha value is -2.01. The van der Waals surface area contributed by atoms with Crippen molar-refractivity contribution in [1.29, 1.82) is 0 Å². The summed E-state index contributed by atoms with van der Waals surface area (Å²) in [6.07, 6.45) is 2.22. The molecule has 1 heterocycles. The zero-order chi connectivity index (χ0) is 15.0. The molecule has 1 amide bonds. The molecule has 1 aromatic carbocycles. The molecule has 1 fully saturated rings. The van der Waals surface area contributed by atoms with E-state index in [2.05, 4.69) is 10.2 Å². The second-order valence-corrected chi connectivity index (χ2v) is 5.90. The quantitative estimate of drug-likeness (QED) is 0.912. The Bertz CT molecular complexity index is 661. The van der Waals surface area contributed by atoms with E-state index >= 15 is 0 Å². The molecule has 0 spiro atoms. The van der Waals surface area contributed by atoms with E-state index < -0.39 is 0 Å². The van der Waals surface area contributed by atoms with Crippen LogP contribution in [0, 0.1) is 0 Å². The Morgan fingerprint density at radius 1 is 1.43 bits per heavy atom. The number of hydrogen-bond donors (Lipinski definition) is 2. The largest absolute Gasteiger partial charge is 0.395 e. The first kappa shape index (κ1) is 13.9. The fourth-order valence-electron chi connectivity index (χ4n) is 2.33. The molecule has 3 N–H and O–H groups in total. The van der Waals surface area contributed by atoms with Gasteiger partial charge < -0.3 is 10.6 Å². The molecule has 21 heavy (non-hydrogen) atoms. The number of aromatic amines is 1. The van der Waals surface area contributed by atoms with Gasteiger partial charge in [-0.15, -0.1) is 0 Å². The standard InChI is InChI=1S/C15H17ClN4O/c1-20(8-9-2-6-11(16)7-3-9)15(21)14-12(17)13(18-19-14)10-4-5-10/h2-3,6-7,10H,4-5,8,17H2,1H3,(H,18,19). The maximum Gasteiger partial charge on any atom is 0.276 e. The molecule has 1 saturated carbocycles. The minimum Gasteiger partial charge on any atom is -0.395 e. The number of nitrogens with zero attached hydrogens (tertiary/aromatic N) is 2. The van der Waals surface area contributed by atoms with Crippen LogP contribution < -0.4 is 5.73 Å². The van der Waals surface area contributed by atoms with Gasteiger partial charge in [-0.2, -0.15) is 5.10 Å². The van der Waals surface area contributed by atoms with Gasteiger partial charge in [-0.25, -0.2) is 0 Å². The number of nitrogens with two attached hydrogens (primary N) is 1. The summed E-state index contributed by atoms with van der Waals surface area (Å²) in [7, 11) is 1.74. The molecule has 1 aromatic heterocycles. The number of nitrogen functional groups attached to an aromatic ring is 1. The first-order valence-electron chi connectivity index (χ1n) is 6.90. The third-order valence-electron chi connectivity index (χ3n) is 3.70. The number of anilines is 1. The van der Waals surface area contributed by atoms with Gasteiger partial charge in [0.15, 0.2) is 5.69 Å². The number of nitrogens with one attached hydrogen (secondary N) is 1. The number of carbonyl (C=O) groups is 1. The molecule has 0 unspecified atom stereocenters. The molecule has 110 valence electrons. The Kier molecular flexibility index (Phi) is 3.59. The van der Waals surface area contributed by atoms with Crippen molar-refractivity contribution >= 4 is 23.2 Å². The summed E-state index contributed by atoms with van der Waals surface area (Å²) in [6, 6.07) is 7.41. The highest BCUT2D eigenvalue weighted by Crippen LogP contribution is 2.42. The number of carbonyl (C=O) groups excluding carboxylic acids is 1. The summed E-state index contributed by atoms with van der Waals surface area (Å²) >= 11 is 5.85. The number of H-pyrrole nitrogens is 1. The normalized spacial score (nSPS) is 14.2. The van der Waals surface area contributed by atoms with E-state index in [0.29, 0.717) is 28.9 Å². The van der Waals surface area contributed by atoms with Gasteiger partial charge >= 0.3 is 0 Å². The summed E-state index contributed by atoms with van der Waals surface area (Å²) in [4.78, 5) is 14.0. The minimum absolute atomic E-state index is 0.175. The number of amides is 1. The predicted octanol–water partition coefficient (Wildman–Crippen LogP) is 2.79. The predicted molar refractivity (Wildman–Crippen MR) is 82.2 cm³/mol. The first-order chi connectivity index (χ1) is 10.1. The van der Waals surface area contributed by atoms with E-state index in [9.17, 15) is 4.79 Å². The topological polar surface area (TPSA) is 75.0 Å². The van der Waals surface area contributed by atoms with Crippen LogP contribution in [0.3, 0.4) is 0 Å². The lowest BCUT2D eigenvalue weighted by Gasteiger charge is -2.16. The molecule has 2 aromatic rings. The molecule has 0 bridgehead atoms. The average Bonchev–Trinajstić information content (AvgIpc) is 3.24. The van der Waals surface area contributed by atoms with Crippen molar-refractivity contribution in [3.05, 3.63) is 46.2 Å². The third kappa shape index (κ3) is 2.88. The molecular weight excluding hydrogens is 288 g/mol. The molecule has 0 saturated heterocycles. The average molecular weight is 305 g/mol. The molecule has 3 rings (SSSR count). The van der Waals surface area contributed by atoms with Gasteiger partial charge in [0.05, 0.1) is 11.4 Å². The number of hydrogen-bond acceptors (Lipinski definition) is 3. The molecule has 6 heteroatoms. The van der Waals surface area contributed by atoms with Crippen molar-refractivity contribution in [1.82, 2.24) is 15.1 Å². The van der Waals surface area contributed by atoms with Crippen molar-refractivity contribution in [2.24, 2.45) is 0 Å². The van der Waals surface area contributed by atoms with E-state index in [4.69, 9.17) is 17.3 Å². The third-order valence-corrected chi connectivity index (χ3v) is 3.95. The second kappa shape index (κ2) is 5.41. The zero-order valence-corrected chi connectivity index (χ0v) is 12.5. The highest BCUT2D eigenvalue weighted by Gasteiger charge is 2.31. The zero-order valence-electron chi connectivity index (χ0n) is 11.8. The van der Waals surface area contributed by atoms with Crippen molar-refractivity contribution in [2.45, 2.75) is 25.3 Å². The summed E-state index contributed by atoms with van der Waals surface area (Å²) < 4.78 is 0. The van der Waals surface area contributed by atoms with Gasteiger partial charge in [0.25, 0.3) is 5.91 Å². The van der Waals surface area contributed by atoms with Crippen LogP contribution in [0.15, 0.2) is 24.3 Å². The molecule has 1 aliphatic carbocycles. The fraction of sp³-hybridized carbons (Fsp3) is 0.333. The van der Waals surface area contributed by atoms with Gasteiger partial charge in [0, 0.05) is 24.5 Å². The summed E-state index contributed by atoms with van der Waals surface area (Å²) in [5.74, 6) is 0.270. The van der Waals surface area contributed by atoms with Gasteiger partial charge in [0.2, 0.25) is 0 Å². The van der Waals surface area contributed by atoms with Crippen LogP contribution in [0.1, 0.15) is 40.5 Å². The maximum atomic E-state index is 12.4. The number of rotatable bonds is 4. The van der Waals surface area contributed by atoms with Crippen molar-refractivity contribution in [2.75, 3.05) is 12.8 Å². The SMILES string of the molecule is CN(Cc1ccc(Cl)cc1)C(=O)c1n[nH]c(C2CC2)c1N. The highest BCUT2D eigenvalue weighted by molar-refractivity contribution is 6.30. The summed E-state index contributed by atoms with van der Waals surface area (Å²) in [6.45, 7) is 0.487. The Balaban J connectivity index is 1.73. The van der Waals surface area contributed by atoms with Gasteiger partial charge in [-0.05, 0) is 30.5 Å². The van der Waals surface area contributed by atoms with E-state index in [-0.39, 0.29) is 5.91 Å². The lowest BCUT2D eigenvalue weighted by atomic mass is 10.2. The Morgan fingerprint density at radius 2 is 2.10 bits per heavy atom. The number of aromatic nitrogens is 2. The lowest BCUT2D eigenvalue weighted by molar-refractivity contribution is 0.0780.